The van der Waals surface area contributed by atoms with Gasteiger partial charge in [-0.25, -0.2) is 9.78 Å². The van der Waals surface area contributed by atoms with Crippen LogP contribution in [0.2, 0.25) is 4.47 Å². The van der Waals surface area contributed by atoms with E-state index in [2.05, 4.69) is 10.3 Å². The number of ether oxygens (including phenoxy) is 1. The number of likely N-dealkylation sites (tertiary alicyclic amines) is 1. The number of carbonyl (C=O) groups is 1. The molecule has 20 heavy (non-hydrogen) atoms. The third-order valence-corrected chi connectivity index (χ3v) is 4.05. The third-order valence-electron chi connectivity index (χ3n) is 2.93. The smallest absolute Gasteiger partial charge is 0.410 e. The second-order valence-electron chi connectivity index (χ2n) is 5.87. The minimum atomic E-state index is -0.442. The lowest BCUT2D eigenvalue weighted by Gasteiger charge is -2.24. The highest BCUT2D eigenvalue weighted by Gasteiger charge is 2.29. The molecule has 0 radical (unpaired) electrons. The minimum Gasteiger partial charge on any atom is -0.444 e. The fourth-order valence-corrected chi connectivity index (χ4v) is 2.96. The molecule has 1 aromatic heterocycles. The maximum atomic E-state index is 11.9. The average Bonchev–Trinajstić information content (AvgIpc) is 2.93. The van der Waals surface area contributed by atoms with Gasteiger partial charge in [0.05, 0.1) is 0 Å². The number of thiazole rings is 1. The zero-order valence-corrected chi connectivity index (χ0v) is 13.6. The number of amides is 1. The Morgan fingerprint density at radius 1 is 1.65 bits per heavy atom. The van der Waals surface area contributed by atoms with Crippen LogP contribution in [-0.2, 0) is 11.3 Å². The monoisotopic (exact) mass is 317 g/mol. The molecule has 1 saturated heterocycles. The van der Waals surface area contributed by atoms with E-state index in [1.807, 2.05) is 20.8 Å². The van der Waals surface area contributed by atoms with Crippen molar-refractivity contribution in [3.8, 4) is 0 Å². The van der Waals surface area contributed by atoms with Gasteiger partial charge in [-0.2, -0.15) is 0 Å². The van der Waals surface area contributed by atoms with Gasteiger partial charge in [0.25, 0.3) is 0 Å². The molecule has 0 aliphatic carbocycles. The quantitative estimate of drug-likeness (QED) is 0.931. The number of aromatic nitrogens is 1. The van der Waals surface area contributed by atoms with E-state index in [1.165, 1.54) is 11.3 Å². The van der Waals surface area contributed by atoms with E-state index in [0.29, 0.717) is 17.1 Å². The van der Waals surface area contributed by atoms with Crippen LogP contribution in [0.4, 0.5) is 4.79 Å². The first-order valence-electron chi connectivity index (χ1n) is 6.65. The lowest BCUT2D eigenvalue weighted by atomic mass is 10.2. The molecule has 1 N–H and O–H groups in total. The van der Waals surface area contributed by atoms with Gasteiger partial charge >= 0.3 is 6.09 Å². The molecule has 1 atom stereocenters. The molecule has 5 nitrogen and oxygen atoms in total. The van der Waals surface area contributed by atoms with Crippen LogP contribution in [0.3, 0.4) is 0 Å². The van der Waals surface area contributed by atoms with E-state index in [-0.39, 0.29) is 6.09 Å². The van der Waals surface area contributed by atoms with E-state index in [4.69, 9.17) is 16.3 Å². The number of rotatable bonds is 3. The first kappa shape index (κ1) is 15.5. The molecule has 0 spiro atoms. The maximum absolute atomic E-state index is 11.9. The lowest BCUT2D eigenvalue weighted by molar-refractivity contribution is 0.0291. The maximum Gasteiger partial charge on any atom is 0.410 e. The van der Waals surface area contributed by atoms with Crippen LogP contribution in [-0.4, -0.2) is 40.7 Å². The van der Waals surface area contributed by atoms with Crippen molar-refractivity contribution < 1.29 is 9.53 Å². The summed E-state index contributed by atoms with van der Waals surface area (Å²) in [4.78, 5) is 18.8. The van der Waals surface area contributed by atoms with Crippen molar-refractivity contribution in [1.82, 2.24) is 15.2 Å². The van der Waals surface area contributed by atoms with Crippen LogP contribution in [0.1, 0.15) is 32.1 Å². The summed E-state index contributed by atoms with van der Waals surface area (Å²) in [6.45, 7) is 7.79. The van der Waals surface area contributed by atoms with Crippen molar-refractivity contribution >= 4 is 29.0 Å². The summed E-state index contributed by atoms with van der Waals surface area (Å²) >= 11 is 7.26. The molecule has 1 aliphatic heterocycles. The number of hydrogen-bond donors (Lipinski definition) is 1. The van der Waals surface area contributed by atoms with Gasteiger partial charge in [0.2, 0.25) is 0 Å². The first-order chi connectivity index (χ1) is 9.33. The third kappa shape index (κ3) is 4.61. The Labute approximate surface area is 128 Å². The molecule has 7 heteroatoms. The highest BCUT2D eigenvalue weighted by molar-refractivity contribution is 7.15. The fourth-order valence-electron chi connectivity index (χ4n) is 2.03. The van der Waals surface area contributed by atoms with E-state index >= 15 is 0 Å². The van der Waals surface area contributed by atoms with Gasteiger partial charge in [0, 0.05) is 36.8 Å². The number of nitrogens with zero attached hydrogens (tertiary/aromatic N) is 2. The Kier molecular flexibility index (Phi) is 4.88. The van der Waals surface area contributed by atoms with Crippen LogP contribution in [0.25, 0.3) is 0 Å². The van der Waals surface area contributed by atoms with Gasteiger partial charge in [-0.05, 0) is 27.2 Å². The van der Waals surface area contributed by atoms with Gasteiger partial charge in [-0.15, -0.1) is 11.3 Å². The molecule has 1 aromatic rings. The Balaban J connectivity index is 1.76. The molecule has 1 amide bonds. The first-order valence-corrected chi connectivity index (χ1v) is 7.84. The van der Waals surface area contributed by atoms with Crippen LogP contribution in [0, 0.1) is 0 Å². The number of halogens is 1. The summed E-state index contributed by atoms with van der Waals surface area (Å²) in [5.41, 5.74) is -0.442. The molecule has 2 heterocycles. The minimum absolute atomic E-state index is 0.234. The van der Waals surface area contributed by atoms with Crippen molar-refractivity contribution in [1.29, 1.82) is 0 Å². The summed E-state index contributed by atoms with van der Waals surface area (Å²) < 4.78 is 5.93. The van der Waals surface area contributed by atoms with Crippen molar-refractivity contribution in [3.05, 3.63) is 15.5 Å². The summed E-state index contributed by atoms with van der Waals surface area (Å²) in [5.74, 6) is 0. The van der Waals surface area contributed by atoms with E-state index in [0.717, 1.165) is 24.4 Å². The zero-order valence-electron chi connectivity index (χ0n) is 12.0. The average molecular weight is 318 g/mol. The molecule has 0 saturated carbocycles. The van der Waals surface area contributed by atoms with Crippen molar-refractivity contribution in [2.24, 2.45) is 0 Å². The molecule has 2 rings (SSSR count). The normalized spacial score (nSPS) is 19.4. The largest absolute Gasteiger partial charge is 0.444 e. The standard InChI is InChI=1S/C13H20ClN3O2S/c1-13(2,3)19-12(18)17-5-4-9(8-17)15-6-10-7-16-11(14)20-10/h7,9,15H,4-6,8H2,1-3H3/t9-/m1/s1. The van der Waals surface area contributed by atoms with Crippen LogP contribution in [0.5, 0.6) is 0 Å². The van der Waals surface area contributed by atoms with Gasteiger partial charge in [-0.1, -0.05) is 11.6 Å². The van der Waals surface area contributed by atoms with Crippen molar-refractivity contribution in [2.45, 2.75) is 45.4 Å². The fraction of sp³-hybridized carbons (Fsp3) is 0.692. The number of carbonyl (C=O) groups excluding carboxylic acids is 1. The van der Waals surface area contributed by atoms with Gasteiger partial charge < -0.3 is 15.0 Å². The predicted molar refractivity (Wildman–Crippen MR) is 80.2 cm³/mol. The highest BCUT2D eigenvalue weighted by atomic mass is 35.5. The van der Waals surface area contributed by atoms with Crippen LogP contribution < -0.4 is 5.32 Å². The summed E-state index contributed by atoms with van der Waals surface area (Å²) in [5, 5.41) is 3.42. The van der Waals surface area contributed by atoms with E-state index in [9.17, 15) is 4.79 Å². The van der Waals surface area contributed by atoms with Crippen molar-refractivity contribution in [3.63, 3.8) is 0 Å². The number of nitrogens with one attached hydrogen (secondary N) is 1. The molecule has 1 fully saturated rings. The van der Waals surface area contributed by atoms with Crippen LogP contribution in [0.15, 0.2) is 6.20 Å². The van der Waals surface area contributed by atoms with Gasteiger partial charge in [0.15, 0.2) is 4.47 Å². The Bertz CT molecular complexity index is 472. The summed E-state index contributed by atoms with van der Waals surface area (Å²) in [6, 6.07) is 0.295. The summed E-state index contributed by atoms with van der Waals surface area (Å²) in [6.07, 6.45) is 2.48. The number of hydrogen-bond acceptors (Lipinski definition) is 5. The predicted octanol–water partition coefficient (Wildman–Crippen LogP) is 2.90. The second kappa shape index (κ2) is 6.28. The molecule has 112 valence electrons. The highest BCUT2D eigenvalue weighted by Crippen LogP contribution is 2.19. The van der Waals surface area contributed by atoms with Crippen LogP contribution >= 0.6 is 22.9 Å². The second-order valence-corrected chi connectivity index (χ2v) is 7.57. The molecule has 0 bridgehead atoms. The van der Waals surface area contributed by atoms with E-state index < -0.39 is 5.60 Å². The van der Waals surface area contributed by atoms with E-state index in [1.54, 1.807) is 11.1 Å². The topological polar surface area (TPSA) is 54.5 Å². The van der Waals surface area contributed by atoms with Gasteiger partial charge in [-0.3, -0.25) is 0 Å². The van der Waals surface area contributed by atoms with Gasteiger partial charge in [0.1, 0.15) is 5.60 Å². The summed E-state index contributed by atoms with van der Waals surface area (Å²) in [7, 11) is 0. The van der Waals surface area contributed by atoms with Crippen molar-refractivity contribution in [2.75, 3.05) is 13.1 Å². The Hall–Kier alpha value is -0.850. The molecule has 1 aliphatic rings. The molecule has 0 aromatic carbocycles. The SMILES string of the molecule is CC(C)(C)OC(=O)N1CC[C@@H](NCc2cnc(Cl)s2)C1. The molecular weight excluding hydrogens is 298 g/mol. The Morgan fingerprint density at radius 2 is 2.40 bits per heavy atom. The molecular formula is C13H20ClN3O2S. The molecule has 0 unspecified atom stereocenters. The zero-order chi connectivity index (χ0) is 14.8. The Morgan fingerprint density at radius 3 is 3.00 bits per heavy atom. The lowest BCUT2D eigenvalue weighted by Crippen LogP contribution is -2.38.